The summed E-state index contributed by atoms with van der Waals surface area (Å²) in [5.74, 6) is 0. The van der Waals surface area contributed by atoms with Crippen LogP contribution in [0.3, 0.4) is 0 Å². The van der Waals surface area contributed by atoms with Gasteiger partial charge in [-0.15, -0.1) is 0 Å². The zero-order valence-corrected chi connectivity index (χ0v) is 13.1. The molecule has 1 aromatic heterocycles. The second kappa shape index (κ2) is 5.48. The van der Waals surface area contributed by atoms with Gasteiger partial charge in [0.2, 0.25) is 0 Å². The van der Waals surface area contributed by atoms with E-state index in [1.807, 2.05) is 0 Å². The Labute approximate surface area is 125 Å². The third kappa shape index (κ3) is 2.91. The first-order chi connectivity index (χ1) is 8.93. The monoisotopic (exact) mass is 360 g/mol. The fourth-order valence-electron chi connectivity index (χ4n) is 1.49. The van der Waals surface area contributed by atoms with E-state index in [4.69, 9.17) is 11.6 Å². The lowest BCUT2D eigenvalue weighted by Gasteiger charge is -2.19. The Kier molecular flexibility index (Phi) is 4.13. The number of hydrogen-bond acceptors (Lipinski definition) is 3. The van der Waals surface area contributed by atoms with Crippen LogP contribution in [0.2, 0.25) is 5.02 Å². The molecular formula is C12H10BrClN2O2S. The summed E-state index contributed by atoms with van der Waals surface area (Å²) in [6.45, 7) is 0. The van der Waals surface area contributed by atoms with E-state index >= 15 is 0 Å². The van der Waals surface area contributed by atoms with Crippen molar-refractivity contribution in [2.45, 2.75) is 4.90 Å². The van der Waals surface area contributed by atoms with Crippen LogP contribution in [-0.2, 0) is 10.0 Å². The molecule has 0 saturated heterocycles. The van der Waals surface area contributed by atoms with Crippen LogP contribution in [0.1, 0.15) is 0 Å². The van der Waals surface area contributed by atoms with Crippen LogP contribution in [0.15, 0.2) is 52.1 Å². The van der Waals surface area contributed by atoms with Crippen molar-refractivity contribution >= 4 is 43.2 Å². The molecule has 0 unspecified atom stereocenters. The molecule has 0 amide bonds. The Morgan fingerprint density at radius 3 is 2.42 bits per heavy atom. The summed E-state index contributed by atoms with van der Waals surface area (Å²) in [5.41, 5.74) is 0.543. The minimum atomic E-state index is -3.61. The third-order valence-corrected chi connectivity index (χ3v) is 5.57. The van der Waals surface area contributed by atoms with Gasteiger partial charge in [-0.05, 0) is 46.3 Å². The van der Waals surface area contributed by atoms with Crippen LogP contribution in [0.5, 0.6) is 0 Å². The van der Waals surface area contributed by atoms with Crippen LogP contribution in [0.25, 0.3) is 0 Å². The molecule has 19 heavy (non-hydrogen) atoms. The quantitative estimate of drug-likeness (QED) is 0.842. The summed E-state index contributed by atoms with van der Waals surface area (Å²) in [6, 6.07) is 7.75. The Morgan fingerprint density at radius 1 is 1.21 bits per heavy atom. The minimum Gasteiger partial charge on any atom is -0.269 e. The van der Waals surface area contributed by atoms with Crippen LogP contribution in [0, 0.1) is 0 Å². The lowest BCUT2D eigenvalue weighted by atomic mass is 10.4. The summed E-state index contributed by atoms with van der Waals surface area (Å²) in [5, 5.41) is 0.463. The fourth-order valence-corrected chi connectivity index (χ4v) is 3.36. The number of hydrogen-bond donors (Lipinski definition) is 0. The molecule has 0 N–H and O–H groups in total. The summed E-state index contributed by atoms with van der Waals surface area (Å²) in [7, 11) is -2.12. The Balaban J connectivity index is 2.45. The SMILES string of the molecule is CN(c1ccncc1)S(=O)(=O)c1ccc(Cl)c(Br)c1. The molecule has 1 aromatic carbocycles. The molecule has 0 aliphatic heterocycles. The molecule has 0 radical (unpaired) electrons. The maximum atomic E-state index is 12.4. The van der Waals surface area contributed by atoms with Crippen molar-refractivity contribution < 1.29 is 8.42 Å². The average molecular weight is 362 g/mol. The number of nitrogens with zero attached hydrogens (tertiary/aromatic N) is 2. The molecule has 2 rings (SSSR count). The topological polar surface area (TPSA) is 50.3 Å². The molecule has 0 bridgehead atoms. The van der Waals surface area contributed by atoms with Crippen molar-refractivity contribution in [3.8, 4) is 0 Å². The highest BCUT2D eigenvalue weighted by Crippen LogP contribution is 2.28. The summed E-state index contributed by atoms with van der Waals surface area (Å²) in [6.07, 6.45) is 3.08. The summed E-state index contributed by atoms with van der Waals surface area (Å²) >= 11 is 9.08. The standard InChI is InChI=1S/C12H10BrClN2O2S/c1-16(9-4-6-15-7-5-9)19(17,18)10-2-3-12(14)11(13)8-10/h2-8H,1H3. The molecule has 0 fully saturated rings. The molecule has 7 heteroatoms. The van der Waals surface area contributed by atoms with E-state index in [9.17, 15) is 8.42 Å². The largest absolute Gasteiger partial charge is 0.269 e. The molecule has 0 atom stereocenters. The first kappa shape index (κ1) is 14.3. The molecule has 100 valence electrons. The van der Waals surface area contributed by atoms with Gasteiger partial charge < -0.3 is 0 Å². The predicted octanol–water partition coefficient (Wildman–Crippen LogP) is 3.32. The summed E-state index contributed by atoms with van der Waals surface area (Å²) in [4.78, 5) is 4.03. The number of halogens is 2. The normalized spacial score (nSPS) is 11.3. The molecule has 0 aliphatic carbocycles. The fraction of sp³-hybridized carbons (Fsp3) is 0.0833. The number of pyridine rings is 1. The maximum absolute atomic E-state index is 12.4. The van der Waals surface area contributed by atoms with Crippen molar-refractivity contribution in [1.82, 2.24) is 4.98 Å². The molecule has 0 aliphatic rings. The highest BCUT2D eigenvalue weighted by atomic mass is 79.9. The van der Waals surface area contributed by atoms with Gasteiger partial charge in [-0.2, -0.15) is 0 Å². The van der Waals surface area contributed by atoms with Crippen molar-refractivity contribution in [2.75, 3.05) is 11.4 Å². The third-order valence-electron chi connectivity index (χ3n) is 2.58. The van der Waals surface area contributed by atoms with Gasteiger partial charge >= 0.3 is 0 Å². The van der Waals surface area contributed by atoms with Gasteiger partial charge in [0.05, 0.1) is 15.6 Å². The lowest BCUT2D eigenvalue weighted by Crippen LogP contribution is -2.26. The summed E-state index contributed by atoms with van der Waals surface area (Å²) < 4.78 is 26.6. The molecule has 0 spiro atoms. The van der Waals surface area contributed by atoms with Crippen molar-refractivity contribution in [2.24, 2.45) is 0 Å². The van der Waals surface area contributed by atoms with E-state index in [0.717, 1.165) is 0 Å². The zero-order valence-electron chi connectivity index (χ0n) is 9.92. The Morgan fingerprint density at radius 2 is 1.84 bits per heavy atom. The van der Waals surface area contributed by atoms with Gasteiger partial charge in [-0.1, -0.05) is 11.6 Å². The zero-order chi connectivity index (χ0) is 14.0. The smallest absolute Gasteiger partial charge is 0.264 e. The highest BCUT2D eigenvalue weighted by Gasteiger charge is 2.21. The van der Waals surface area contributed by atoms with Crippen molar-refractivity contribution in [3.63, 3.8) is 0 Å². The molecule has 0 saturated carbocycles. The highest BCUT2D eigenvalue weighted by molar-refractivity contribution is 9.10. The maximum Gasteiger partial charge on any atom is 0.264 e. The van der Waals surface area contributed by atoms with E-state index in [1.165, 1.54) is 23.5 Å². The van der Waals surface area contributed by atoms with E-state index < -0.39 is 10.0 Å². The Hall–Kier alpha value is -1.11. The number of sulfonamides is 1. The van der Waals surface area contributed by atoms with Crippen molar-refractivity contribution in [3.05, 3.63) is 52.2 Å². The van der Waals surface area contributed by atoms with Gasteiger partial charge in [0, 0.05) is 23.9 Å². The van der Waals surface area contributed by atoms with Crippen LogP contribution >= 0.6 is 27.5 Å². The Bertz CT molecular complexity index is 692. The molecule has 2 aromatic rings. The molecule has 1 heterocycles. The minimum absolute atomic E-state index is 0.170. The van der Waals surface area contributed by atoms with E-state index in [-0.39, 0.29) is 4.90 Å². The van der Waals surface area contributed by atoms with Gasteiger partial charge in [-0.3, -0.25) is 9.29 Å². The number of anilines is 1. The van der Waals surface area contributed by atoms with Crippen molar-refractivity contribution in [1.29, 1.82) is 0 Å². The van der Waals surface area contributed by atoms with Gasteiger partial charge in [0.25, 0.3) is 10.0 Å². The van der Waals surface area contributed by atoms with Gasteiger partial charge in [0.1, 0.15) is 0 Å². The van der Waals surface area contributed by atoms with Crippen LogP contribution in [0.4, 0.5) is 5.69 Å². The van der Waals surface area contributed by atoms with E-state index in [1.54, 1.807) is 30.6 Å². The molecule has 4 nitrogen and oxygen atoms in total. The van der Waals surface area contributed by atoms with E-state index in [2.05, 4.69) is 20.9 Å². The lowest BCUT2D eigenvalue weighted by molar-refractivity contribution is 0.594. The number of rotatable bonds is 3. The van der Waals surface area contributed by atoms with E-state index in [0.29, 0.717) is 15.2 Å². The second-order valence-electron chi connectivity index (χ2n) is 3.75. The predicted molar refractivity (Wildman–Crippen MR) is 79.0 cm³/mol. The second-order valence-corrected chi connectivity index (χ2v) is 6.98. The van der Waals surface area contributed by atoms with Gasteiger partial charge in [-0.25, -0.2) is 8.42 Å². The first-order valence-corrected chi connectivity index (χ1v) is 7.88. The van der Waals surface area contributed by atoms with Gasteiger partial charge in [0.15, 0.2) is 0 Å². The molecular weight excluding hydrogens is 352 g/mol. The average Bonchev–Trinajstić information content (AvgIpc) is 2.41. The number of benzene rings is 1. The number of aromatic nitrogens is 1. The first-order valence-electron chi connectivity index (χ1n) is 5.27. The van der Waals surface area contributed by atoms with Crippen LogP contribution < -0.4 is 4.31 Å². The van der Waals surface area contributed by atoms with Crippen LogP contribution in [-0.4, -0.2) is 20.4 Å².